The van der Waals surface area contributed by atoms with Gasteiger partial charge >= 0.3 is 0 Å². The normalized spacial score (nSPS) is 12.2. The minimum Gasteiger partial charge on any atom is -0.306 e. The molecule has 2 heteroatoms. The number of hydrogen-bond acceptors (Lipinski definition) is 1. The van der Waals surface area contributed by atoms with E-state index < -0.39 is 0 Å². The summed E-state index contributed by atoms with van der Waals surface area (Å²) < 4.78 is 1.15. The third-order valence-corrected chi connectivity index (χ3v) is 2.47. The summed E-state index contributed by atoms with van der Waals surface area (Å²) in [4.78, 5) is 2.13. The van der Waals surface area contributed by atoms with E-state index in [1.54, 1.807) is 0 Å². The van der Waals surface area contributed by atoms with Crippen LogP contribution in [-0.2, 0) is 0 Å². The summed E-state index contributed by atoms with van der Waals surface area (Å²) in [6, 6.07) is 10.3. The highest BCUT2D eigenvalue weighted by Gasteiger charge is 1.94. The third kappa shape index (κ3) is 3.75. The van der Waals surface area contributed by atoms with Gasteiger partial charge in [-0.05, 0) is 19.7 Å². The van der Waals surface area contributed by atoms with E-state index in [0.717, 1.165) is 11.0 Å². The van der Waals surface area contributed by atoms with Crippen LogP contribution in [0.25, 0.3) is 4.48 Å². The Balaban J connectivity index is 2.68. The van der Waals surface area contributed by atoms with Gasteiger partial charge in [-0.2, -0.15) is 0 Å². The highest BCUT2D eigenvalue weighted by Crippen LogP contribution is 2.19. The fourth-order valence-corrected chi connectivity index (χ4v) is 1.39. The molecule has 0 aliphatic carbocycles. The van der Waals surface area contributed by atoms with Crippen molar-refractivity contribution < 1.29 is 0 Å². The summed E-state index contributed by atoms with van der Waals surface area (Å²) in [6.07, 6.45) is 2.16. The summed E-state index contributed by atoms with van der Waals surface area (Å²) in [7, 11) is 4.11. The van der Waals surface area contributed by atoms with Crippen LogP contribution in [0.4, 0.5) is 0 Å². The number of nitrogens with zero attached hydrogens (tertiary/aromatic N) is 1. The zero-order valence-electron chi connectivity index (χ0n) is 8.00. The van der Waals surface area contributed by atoms with Gasteiger partial charge in [0.05, 0.1) is 0 Å². The van der Waals surface area contributed by atoms with Crippen LogP contribution in [0.3, 0.4) is 0 Å². The monoisotopic (exact) mass is 239 g/mol. The molecule has 0 fully saturated rings. The van der Waals surface area contributed by atoms with Crippen LogP contribution in [-0.4, -0.2) is 25.5 Å². The molecule has 0 N–H and O–H groups in total. The van der Waals surface area contributed by atoms with Crippen LogP contribution in [0.1, 0.15) is 5.56 Å². The van der Waals surface area contributed by atoms with E-state index in [9.17, 15) is 0 Å². The Bertz CT molecular complexity index is 277. The molecular formula is C11H14BrN. The van der Waals surface area contributed by atoms with Crippen LogP contribution in [0.15, 0.2) is 36.4 Å². The van der Waals surface area contributed by atoms with E-state index in [2.05, 4.69) is 53.1 Å². The molecular weight excluding hydrogens is 226 g/mol. The van der Waals surface area contributed by atoms with Crippen molar-refractivity contribution in [2.24, 2.45) is 0 Å². The molecule has 0 heterocycles. The quantitative estimate of drug-likeness (QED) is 0.785. The number of hydrogen-bond donors (Lipinski definition) is 0. The molecule has 0 aliphatic heterocycles. The minimum absolute atomic E-state index is 0.954. The van der Waals surface area contributed by atoms with Gasteiger partial charge in [-0.15, -0.1) is 0 Å². The third-order valence-electron chi connectivity index (χ3n) is 1.69. The summed E-state index contributed by atoms with van der Waals surface area (Å²) in [5, 5.41) is 0. The van der Waals surface area contributed by atoms with Gasteiger partial charge in [0.15, 0.2) is 0 Å². The van der Waals surface area contributed by atoms with Gasteiger partial charge in [0.25, 0.3) is 0 Å². The van der Waals surface area contributed by atoms with Gasteiger partial charge in [0.1, 0.15) is 0 Å². The predicted molar refractivity (Wildman–Crippen MR) is 61.9 cm³/mol. The Kier molecular flexibility index (Phi) is 4.19. The van der Waals surface area contributed by atoms with Gasteiger partial charge in [-0.1, -0.05) is 52.3 Å². The zero-order valence-corrected chi connectivity index (χ0v) is 9.58. The van der Waals surface area contributed by atoms with Crippen molar-refractivity contribution in [1.29, 1.82) is 0 Å². The smallest absolute Gasteiger partial charge is 0.0220 e. The SMILES string of the molecule is CN(C)C/C=C(\Br)c1ccccc1. The van der Waals surface area contributed by atoms with Crippen molar-refractivity contribution in [1.82, 2.24) is 4.90 Å². The highest BCUT2D eigenvalue weighted by molar-refractivity contribution is 9.15. The number of halogens is 1. The Morgan fingerprint density at radius 2 is 1.92 bits per heavy atom. The topological polar surface area (TPSA) is 3.24 Å². The van der Waals surface area contributed by atoms with Crippen molar-refractivity contribution in [3.05, 3.63) is 42.0 Å². The highest BCUT2D eigenvalue weighted by atomic mass is 79.9. The van der Waals surface area contributed by atoms with E-state index in [-0.39, 0.29) is 0 Å². The summed E-state index contributed by atoms with van der Waals surface area (Å²) >= 11 is 3.55. The van der Waals surface area contributed by atoms with Crippen LogP contribution in [0.2, 0.25) is 0 Å². The number of likely N-dealkylation sites (N-methyl/N-ethyl adjacent to an activating group) is 1. The molecule has 0 saturated carbocycles. The molecule has 0 unspecified atom stereocenters. The van der Waals surface area contributed by atoms with Crippen molar-refractivity contribution in [3.63, 3.8) is 0 Å². The zero-order chi connectivity index (χ0) is 9.68. The molecule has 1 aromatic carbocycles. The summed E-state index contributed by atoms with van der Waals surface area (Å²) in [5.74, 6) is 0. The van der Waals surface area contributed by atoms with E-state index in [4.69, 9.17) is 0 Å². The van der Waals surface area contributed by atoms with Crippen LogP contribution in [0.5, 0.6) is 0 Å². The number of rotatable bonds is 3. The van der Waals surface area contributed by atoms with E-state index in [1.165, 1.54) is 5.56 Å². The first kappa shape index (κ1) is 10.5. The molecule has 0 saturated heterocycles. The molecule has 1 nitrogen and oxygen atoms in total. The minimum atomic E-state index is 0.954. The molecule has 0 atom stereocenters. The molecule has 1 aromatic rings. The largest absolute Gasteiger partial charge is 0.306 e. The number of benzene rings is 1. The van der Waals surface area contributed by atoms with Gasteiger partial charge in [-0.3, -0.25) is 0 Å². The maximum absolute atomic E-state index is 3.55. The van der Waals surface area contributed by atoms with Crippen LogP contribution >= 0.6 is 15.9 Å². The maximum Gasteiger partial charge on any atom is 0.0220 e. The molecule has 0 aromatic heterocycles. The maximum atomic E-state index is 3.55. The second kappa shape index (κ2) is 5.20. The molecule has 0 aliphatic rings. The predicted octanol–water partition coefficient (Wildman–Crippen LogP) is 2.98. The van der Waals surface area contributed by atoms with Crippen molar-refractivity contribution >= 4 is 20.4 Å². The Morgan fingerprint density at radius 1 is 1.31 bits per heavy atom. The average molecular weight is 240 g/mol. The van der Waals surface area contributed by atoms with Gasteiger partial charge in [0.2, 0.25) is 0 Å². The molecule has 0 radical (unpaired) electrons. The Labute approximate surface area is 88.2 Å². The Morgan fingerprint density at radius 3 is 2.46 bits per heavy atom. The second-order valence-corrected chi connectivity index (χ2v) is 4.03. The fraction of sp³-hybridized carbons (Fsp3) is 0.273. The molecule has 1 rings (SSSR count). The summed E-state index contributed by atoms with van der Waals surface area (Å²) in [5.41, 5.74) is 1.23. The molecule has 70 valence electrons. The second-order valence-electron chi connectivity index (χ2n) is 3.18. The van der Waals surface area contributed by atoms with Crippen molar-refractivity contribution in [3.8, 4) is 0 Å². The van der Waals surface area contributed by atoms with E-state index in [0.29, 0.717) is 0 Å². The lowest BCUT2D eigenvalue weighted by molar-refractivity contribution is 0.457. The standard InChI is InChI=1S/C11H14BrN/c1-13(2)9-8-11(12)10-6-4-3-5-7-10/h3-8H,9H2,1-2H3/b11-8-. The van der Waals surface area contributed by atoms with E-state index >= 15 is 0 Å². The first-order chi connectivity index (χ1) is 6.20. The van der Waals surface area contributed by atoms with Crippen molar-refractivity contribution in [2.75, 3.05) is 20.6 Å². The first-order valence-corrected chi connectivity index (χ1v) is 5.05. The fourth-order valence-electron chi connectivity index (χ4n) is 0.978. The molecule has 0 amide bonds. The van der Waals surface area contributed by atoms with Gasteiger partial charge in [-0.25, -0.2) is 0 Å². The lowest BCUT2D eigenvalue weighted by atomic mass is 10.2. The first-order valence-electron chi connectivity index (χ1n) is 4.26. The van der Waals surface area contributed by atoms with Crippen LogP contribution in [0, 0.1) is 0 Å². The lowest BCUT2D eigenvalue weighted by Gasteiger charge is -2.05. The molecule has 0 bridgehead atoms. The van der Waals surface area contributed by atoms with E-state index in [1.807, 2.05) is 18.2 Å². The lowest BCUT2D eigenvalue weighted by Crippen LogP contribution is -2.10. The molecule has 0 spiro atoms. The summed E-state index contributed by atoms with van der Waals surface area (Å²) in [6.45, 7) is 0.954. The van der Waals surface area contributed by atoms with Crippen molar-refractivity contribution in [2.45, 2.75) is 0 Å². The average Bonchev–Trinajstić information content (AvgIpc) is 2.15. The Hall–Kier alpha value is -0.600. The van der Waals surface area contributed by atoms with Gasteiger partial charge < -0.3 is 4.90 Å². The van der Waals surface area contributed by atoms with Gasteiger partial charge in [0, 0.05) is 11.0 Å². The molecule has 13 heavy (non-hydrogen) atoms. The van der Waals surface area contributed by atoms with Crippen LogP contribution < -0.4 is 0 Å².